The Hall–Kier alpha value is -3.21. The molecule has 1 fully saturated rings. The van der Waals surface area contributed by atoms with Crippen molar-refractivity contribution in [3.63, 3.8) is 0 Å². The van der Waals surface area contributed by atoms with E-state index in [0.717, 1.165) is 64.2 Å². The summed E-state index contributed by atoms with van der Waals surface area (Å²) in [6, 6.07) is -0.415. The molecule has 1 amide bonds. The van der Waals surface area contributed by atoms with Gasteiger partial charge >= 0.3 is 17.9 Å². The van der Waals surface area contributed by atoms with Gasteiger partial charge in [-0.3, -0.25) is 42.6 Å². The number of carbonyl (C=O) groups is 7. The van der Waals surface area contributed by atoms with Gasteiger partial charge in [0.1, 0.15) is 12.7 Å². The van der Waals surface area contributed by atoms with Crippen LogP contribution in [0.15, 0.2) is 0 Å². The van der Waals surface area contributed by atoms with Gasteiger partial charge in [0.2, 0.25) is 5.91 Å². The summed E-state index contributed by atoms with van der Waals surface area (Å²) >= 11 is 0. The van der Waals surface area contributed by atoms with Crippen molar-refractivity contribution in [3.05, 3.63) is 20.8 Å². The largest absolute Gasteiger partial charge is 0.488 e. The number of Topliss-reactive ketones (excluding diaryl/α,β-unsaturated/α-hetero) is 1. The van der Waals surface area contributed by atoms with E-state index in [1.54, 1.807) is 0 Å². The topological polar surface area (TPSA) is 169 Å². The molecule has 1 aliphatic rings. The minimum Gasteiger partial charge on any atom is -0.488 e. The normalized spacial score (nSPS) is 13.9. The maximum absolute atomic E-state index is 12.9. The smallest absolute Gasteiger partial charge is 0.306 e. The minimum absolute atomic E-state index is 0. The number of esters is 5. The van der Waals surface area contributed by atoms with Crippen LogP contribution in [0.25, 0.3) is 0 Å². The predicted octanol–water partition coefficient (Wildman–Crippen LogP) is 12.4. The van der Waals surface area contributed by atoms with E-state index in [2.05, 4.69) is 55.4 Å². The first-order valence-corrected chi connectivity index (χ1v) is 26.2. The molecule has 3 unspecified atom stereocenters. The Morgan fingerprint density at radius 2 is 0.882 bits per heavy atom. The van der Waals surface area contributed by atoms with Crippen molar-refractivity contribution >= 4 is 41.5 Å². The number of rotatable bonds is 36. The van der Waals surface area contributed by atoms with Gasteiger partial charge in [-0.05, 0) is 32.0 Å². The Morgan fingerprint density at radius 3 is 1.29 bits per heavy atom. The first kappa shape index (κ1) is 71.3. The Labute approximate surface area is 429 Å². The van der Waals surface area contributed by atoms with E-state index in [-0.39, 0.29) is 71.3 Å². The van der Waals surface area contributed by atoms with E-state index in [4.69, 9.17) is 23.7 Å². The van der Waals surface area contributed by atoms with Gasteiger partial charge in [-0.25, -0.2) is 0 Å². The van der Waals surface area contributed by atoms with E-state index in [9.17, 15) is 33.6 Å². The molecular weight excluding hydrogens is 1040 g/mol. The summed E-state index contributed by atoms with van der Waals surface area (Å²) in [7, 11) is 0. The molecule has 1 rings (SSSR count). The summed E-state index contributed by atoms with van der Waals surface area (Å²) in [4.78, 5) is 81.9. The van der Waals surface area contributed by atoms with Crippen molar-refractivity contribution < 1.29 is 78.3 Å². The zero-order valence-electron chi connectivity index (χ0n) is 44.1. The fraction of sp³-hybridized carbons (Fsp3) is 0.815. The van der Waals surface area contributed by atoms with Crippen LogP contribution in [0.3, 0.4) is 0 Å². The van der Waals surface area contributed by atoms with Gasteiger partial charge in [0, 0.05) is 46.7 Å². The van der Waals surface area contributed by atoms with E-state index in [1.807, 2.05) is 0 Å². The number of hydrogen-bond acceptors (Lipinski definition) is 12. The van der Waals surface area contributed by atoms with Crippen molar-refractivity contribution in [1.29, 1.82) is 0 Å². The second-order valence-electron chi connectivity index (χ2n) is 17.8. The van der Waals surface area contributed by atoms with Gasteiger partial charge in [0.15, 0.2) is 11.9 Å². The Balaban J connectivity index is -0.000000638. The number of amides is 1. The first-order chi connectivity index (χ1) is 32.1. The van der Waals surface area contributed by atoms with Crippen LogP contribution in [-0.2, 0) is 78.3 Å². The number of hydrogen-bond donors (Lipinski definition) is 0. The number of carbonyl (C=O) groups excluding carboxylic acids is 7. The third-order valence-electron chi connectivity index (χ3n) is 10.9. The SMILES string of the molecule is CCCCCCCCC.[CH2-]C(=O)OCC1CC(OC(=O)CC(COC(=O)CCCCCCCC)CC(=O)OCCCCCCCC)CN1C(C)=O.[CH2-]C(=O)OCCCCCCCC.[CH2-]C(C)=O.[W]. The molecule has 0 aliphatic carbocycles. The van der Waals surface area contributed by atoms with Gasteiger partial charge in [-0.2, -0.15) is 0 Å². The molecule has 0 aromatic rings. The van der Waals surface area contributed by atoms with Gasteiger partial charge in [0.25, 0.3) is 0 Å². The molecule has 400 valence electrons. The molecule has 14 heteroatoms. The molecule has 0 spiro atoms. The predicted molar refractivity (Wildman–Crippen MR) is 267 cm³/mol. The second-order valence-corrected chi connectivity index (χ2v) is 17.8. The molecule has 0 aromatic carbocycles. The minimum atomic E-state index is -0.698. The maximum Gasteiger partial charge on any atom is 0.306 e. The first-order valence-electron chi connectivity index (χ1n) is 26.2. The average Bonchev–Trinajstić information content (AvgIpc) is 3.68. The fourth-order valence-electron chi connectivity index (χ4n) is 7.15. The van der Waals surface area contributed by atoms with Gasteiger partial charge in [-0.15, -0.1) is 0 Å². The molecule has 0 N–H and O–H groups in total. The van der Waals surface area contributed by atoms with Crippen molar-refractivity contribution in [2.24, 2.45) is 5.92 Å². The summed E-state index contributed by atoms with van der Waals surface area (Å²) in [6.07, 6.45) is 29.8. The molecular formula is C54H98NO12W-3. The zero-order chi connectivity index (χ0) is 50.9. The monoisotopic (exact) mass is 1140 g/mol. The molecule has 3 atom stereocenters. The number of ether oxygens (including phenoxy) is 5. The number of likely N-dealkylation sites (tertiary alicyclic amines) is 1. The summed E-state index contributed by atoms with van der Waals surface area (Å²) in [5.41, 5.74) is 0. The summed E-state index contributed by atoms with van der Waals surface area (Å²) in [6.45, 7) is 24.1. The van der Waals surface area contributed by atoms with Crippen molar-refractivity contribution in [1.82, 2.24) is 4.90 Å². The summed E-state index contributed by atoms with van der Waals surface area (Å²) < 4.78 is 26.1. The zero-order valence-corrected chi connectivity index (χ0v) is 47.1. The van der Waals surface area contributed by atoms with Crippen LogP contribution in [0.4, 0.5) is 0 Å². The Bertz CT molecular complexity index is 1240. The van der Waals surface area contributed by atoms with Gasteiger partial charge in [0.05, 0.1) is 45.2 Å². The van der Waals surface area contributed by atoms with Crippen LogP contribution in [0, 0.1) is 26.7 Å². The molecule has 0 bridgehead atoms. The van der Waals surface area contributed by atoms with E-state index >= 15 is 0 Å². The van der Waals surface area contributed by atoms with Crippen molar-refractivity contribution in [3.8, 4) is 0 Å². The molecule has 68 heavy (non-hydrogen) atoms. The van der Waals surface area contributed by atoms with Crippen LogP contribution in [-0.4, -0.2) is 91.6 Å². The molecule has 0 aromatic heterocycles. The van der Waals surface area contributed by atoms with Crippen LogP contribution >= 0.6 is 0 Å². The average molecular weight is 1140 g/mol. The Kier molecular flexibility index (Phi) is 55.8. The third kappa shape index (κ3) is 53.7. The van der Waals surface area contributed by atoms with Crippen molar-refractivity contribution in [2.75, 3.05) is 33.0 Å². The van der Waals surface area contributed by atoms with Crippen LogP contribution in [0.1, 0.15) is 235 Å². The number of unbranched alkanes of at least 4 members (excludes halogenated alkanes) is 21. The molecule has 0 radical (unpaired) electrons. The van der Waals surface area contributed by atoms with Crippen molar-refractivity contribution in [2.45, 2.75) is 247 Å². The van der Waals surface area contributed by atoms with Gasteiger partial charge < -0.3 is 40.3 Å². The summed E-state index contributed by atoms with van der Waals surface area (Å²) in [5, 5.41) is 0. The van der Waals surface area contributed by atoms with Crippen LogP contribution in [0.2, 0.25) is 0 Å². The van der Waals surface area contributed by atoms with Crippen LogP contribution in [0.5, 0.6) is 0 Å². The standard InChI is InChI=1S/C32H54NO9.C10H19O2.C9H20.C3H5O.W/c1-5-7-9-11-13-15-17-30(36)41-23-27(19-31(37)39-18-16-14-12-10-8-6-2)20-32(38)42-29-21-28(24-40-26(4)35)33(22-29)25(3)34;1-3-4-5-6-7-8-9-12-10(2)11;1-3-5-7-9-8-6-4-2;1-3(2)4;/h27-29H,4-24H2,1-3H3;2-9H2,1H3;3-9H2,1-2H3;1H2,2H3;/q2*-1;;-1;. The van der Waals surface area contributed by atoms with E-state index in [0.29, 0.717) is 26.1 Å². The molecule has 0 saturated carbocycles. The molecule has 13 nitrogen and oxygen atoms in total. The molecule has 1 saturated heterocycles. The molecule has 1 aliphatic heterocycles. The van der Waals surface area contributed by atoms with Gasteiger partial charge in [-0.1, -0.05) is 176 Å². The maximum atomic E-state index is 12.9. The van der Waals surface area contributed by atoms with Crippen LogP contribution < -0.4 is 0 Å². The summed E-state index contributed by atoms with van der Waals surface area (Å²) in [5.74, 6) is -3.34. The fourth-order valence-corrected chi connectivity index (χ4v) is 7.15. The second kappa shape index (κ2) is 53.1. The Morgan fingerprint density at radius 1 is 0.500 bits per heavy atom. The third-order valence-corrected chi connectivity index (χ3v) is 10.9. The van der Waals surface area contributed by atoms with E-state index < -0.39 is 41.9 Å². The van der Waals surface area contributed by atoms with E-state index in [1.165, 1.54) is 115 Å². The quantitative estimate of drug-likeness (QED) is 0.0252. The number of ketones is 1. The molecule has 1 heterocycles. The number of nitrogens with zero attached hydrogens (tertiary/aromatic N) is 1.